The molecule has 0 radical (unpaired) electrons. The molecular formula is C18H17N5OS2. The summed E-state index contributed by atoms with van der Waals surface area (Å²) in [7, 11) is 0. The highest BCUT2D eigenvalue weighted by Crippen LogP contribution is 2.36. The summed E-state index contributed by atoms with van der Waals surface area (Å²) in [5.74, 6) is 0.586. The number of aromatic nitrogens is 4. The standard InChI is InChI=1S/C18H17N5OS2/c1-10-6-13-15(26-10)7-14(23(13)9-11-2-3-11)17(24)21-12-8-20-22-16(12)18-19-4-5-25-18/h4-8,11H,2-3,9H2,1H3,(H,20,22)(H,21,24). The average Bonchev–Trinajstić information content (AvgIpc) is 3.02. The van der Waals surface area contributed by atoms with Crippen LogP contribution in [0.25, 0.3) is 20.9 Å². The van der Waals surface area contributed by atoms with Crippen molar-refractivity contribution in [2.45, 2.75) is 26.3 Å². The van der Waals surface area contributed by atoms with Gasteiger partial charge in [0.2, 0.25) is 0 Å². The molecule has 1 saturated carbocycles. The smallest absolute Gasteiger partial charge is 0.272 e. The van der Waals surface area contributed by atoms with Crippen LogP contribution in [0.3, 0.4) is 0 Å². The zero-order valence-corrected chi connectivity index (χ0v) is 15.8. The fourth-order valence-corrected chi connectivity index (χ4v) is 4.79. The van der Waals surface area contributed by atoms with Gasteiger partial charge in [0.25, 0.3) is 5.91 Å². The lowest BCUT2D eigenvalue weighted by Crippen LogP contribution is -2.17. The molecule has 4 aromatic heterocycles. The molecule has 132 valence electrons. The highest BCUT2D eigenvalue weighted by atomic mass is 32.1. The van der Waals surface area contributed by atoms with Crippen molar-refractivity contribution < 1.29 is 4.79 Å². The second-order valence-corrected chi connectivity index (χ2v) is 8.82. The molecule has 1 aliphatic rings. The topological polar surface area (TPSA) is 75.6 Å². The molecule has 1 fully saturated rings. The maximum atomic E-state index is 13.0. The van der Waals surface area contributed by atoms with Gasteiger partial charge in [0.15, 0.2) is 0 Å². The van der Waals surface area contributed by atoms with Crippen molar-refractivity contribution in [2.24, 2.45) is 5.92 Å². The zero-order chi connectivity index (χ0) is 17.7. The second-order valence-electron chi connectivity index (χ2n) is 6.64. The molecule has 8 heteroatoms. The van der Waals surface area contributed by atoms with E-state index in [1.807, 2.05) is 11.4 Å². The molecule has 0 bridgehead atoms. The van der Waals surface area contributed by atoms with Gasteiger partial charge in [0, 0.05) is 23.0 Å². The van der Waals surface area contributed by atoms with Crippen LogP contribution in [-0.4, -0.2) is 25.7 Å². The second kappa shape index (κ2) is 6.07. The summed E-state index contributed by atoms with van der Waals surface area (Å²) in [4.78, 5) is 18.6. The van der Waals surface area contributed by atoms with E-state index in [1.165, 1.54) is 33.8 Å². The van der Waals surface area contributed by atoms with E-state index in [0.29, 0.717) is 17.3 Å². The zero-order valence-electron chi connectivity index (χ0n) is 14.2. The first-order valence-electron chi connectivity index (χ1n) is 8.53. The Balaban J connectivity index is 1.49. The molecule has 0 aliphatic heterocycles. The fourth-order valence-electron chi connectivity index (χ4n) is 3.19. The SMILES string of the molecule is Cc1cc2c(cc(C(=O)Nc3cn[nH]c3-c3nccs3)n2CC2CC2)s1. The summed E-state index contributed by atoms with van der Waals surface area (Å²) < 4.78 is 3.34. The van der Waals surface area contributed by atoms with Gasteiger partial charge in [-0.15, -0.1) is 22.7 Å². The molecule has 0 atom stereocenters. The lowest BCUT2D eigenvalue weighted by molar-refractivity contribution is 0.101. The van der Waals surface area contributed by atoms with Gasteiger partial charge in [0.05, 0.1) is 22.1 Å². The number of carbonyl (C=O) groups excluding carboxylic acids is 1. The highest BCUT2D eigenvalue weighted by Gasteiger charge is 2.26. The van der Waals surface area contributed by atoms with Gasteiger partial charge in [-0.25, -0.2) is 4.98 Å². The van der Waals surface area contributed by atoms with Crippen molar-refractivity contribution in [2.75, 3.05) is 5.32 Å². The van der Waals surface area contributed by atoms with E-state index in [-0.39, 0.29) is 5.91 Å². The van der Waals surface area contributed by atoms with Gasteiger partial charge in [-0.3, -0.25) is 9.89 Å². The van der Waals surface area contributed by atoms with Gasteiger partial charge in [-0.05, 0) is 37.8 Å². The Morgan fingerprint density at radius 2 is 2.31 bits per heavy atom. The van der Waals surface area contributed by atoms with Crippen LogP contribution in [0.2, 0.25) is 0 Å². The molecule has 6 nitrogen and oxygen atoms in total. The molecule has 0 unspecified atom stereocenters. The van der Waals surface area contributed by atoms with Gasteiger partial charge < -0.3 is 9.88 Å². The summed E-state index contributed by atoms with van der Waals surface area (Å²) in [6.07, 6.45) is 5.87. The lowest BCUT2D eigenvalue weighted by atomic mass is 10.3. The molecular weight excluding hydrogens is 366 g/mol. The number of fused-ring (bicyclic) bond motifs is 1. The van der Waals surface area contributed by atoms with Crippen molar-refractivity contribution in [1.82, 2.24) is 19.7 Å². The first kappa shape index (κ1) is 15.8. The Hall–Kier alpha value is -2.45. The van der Waals surface area contributed by atoms with E-state index in [1.54, 1.807) is 23.7 Å². The van der Waals surface area contributed by atoms with Crippen LogP contribution < -0.4 is 5.32 Å². The number of rotatable bonds is 5. The van der Waals surface area contributed by atoms with Crippen molar-refractivity contribution in [3.05, 3.63) is 40.5 Å². The minimum atomic E-state index is -0.106. The van der Waals surface area contributed by atoms with Crippen LogP contribution in [0.15, 0.2) is 29.9 Å². The predicted octanol–water partition coefficient (Wildman–Crippen LogP) is 4.52. The van der Waals surface area contributed by atoms with Crippen LogP contribution in [0.4, 0.5) is 5.69 Å². The molecule has 0 spiro atoms. The third-order valence-corrected chi connectivity index (χ3v) is 6.39. The van der Waals surface area contributed by atoms with E-state index >= 15 is 0 Å². The first-order valence-corrected chi connectivity index (χ1v) is 10.2. The number of thiophene rings is 1. The largest absolute Gasteiger partial charge is 0.335 e. The Labute approximate surface area is 157 Å². The lowest BCUT2D eigenvalue weighted by Gasteiger charge is -2.10. The molecule has 1 aliphatic carbocycles. The molecule has 4 aromatic rings. The summed E-state index contributed by atoms with van der Waals surface area (Å²) in [6.45, 7) is 3.02. The summed E-state index contributed by atoms with van der Waals surface area (Å²) >= 11 is 3.24. The molecule has 26 heavy (non-hydrogen) atoms. The normalized spacial score (nSPS) is 14.2. The number of aryl methyl sites for hydroxylation is 1. The number of thiazole rings is 1. The quantitative estimate of drug-likeness (QED) is 0.532. The minimum absolute atomic E-state index is 0.106. The molecule has 1 amide bonds. The van der Waals surface area contributed by atoms with Crippen LogP contribution in [0.1, 0.15) is 28.2 Å². The number of H-pyrrole nitrogens is 1. The predicted molar refractivity (Wildman–Crippen MR) is 105 cm³/mol. The van der Waals surface area contributed by atoms with Gasteiger partial charge in [0.1, 0.15) is 16.4 Å². The minimum Gasteiger partial charge on any atom is -0.335 e. The number of nitrogens with zero attached hydrogens (tertiary/aromatic N) is 3. The van der Waals surface area contributed by atoms with Crippen LogP contribution in [0.5, 0.6) is 0 Å². The number of hydrogen-bond acceptors (Lipinski definition) is 5. The number of amides is 1. The number of nitrogens with one attached hydrogen (secondary N) is 2. The highest BCUT2D eigenvalue weighted by molar-refractivity contribution is 7.19. The summed E-state index contributed by atoms with van der Waals surface area (Å²) in [5, 5.41) is 12.7. The van der Waals surface area contributed by atoms with Crippen LogP contribution in [-0.2, 0) is 6.54 Å². The van der Waals surface area contributed by atoms with E-state index in [2.05, 4.69) is 38.1 Å². The molecule has 4 heterocycles. The number of hydrogen-bond donors (Lipinski definition) is 2. The third kappa shape index (κ3) is 2.75. The first-order chi connectivity index (χ1) is 12.7. The number of aromatic amines is 1. The number of carbonyl (C=O) groups is 1. The van der Waals surface area contributed by atoms with Crippen molar-refractivity contribution in [3.8, 4) is 10.7 Å². The molecule has 5 rings (SSSR count). The summed E-state index contributed by atoms with van der Waals surface area (Å²) in [5.41, 5.74) is 3.27. The Morgan fingerprint density at radius 3 is 3.08 bits per heavy atom. The fraction of sp³-hybridized carbons (Fsp3) is 0.278. The Kier molecular flexibility index (Phi) is 3.68. The Morgan fingerprint density at radius 1 is 1.42 bits per heavy atom. The van der Waals surface area contributed by atoms with Gasteiger partial charge >= 0.3 is 0 Å². The summed E-state index contributed by atoms with van der Waals surface area (Å²) in [6, 6.07) is 4.19. The Bertz CT molecular complexity index is 1080. The monoisotopic (exact) mass is 383 g/mol. The number of anilines is 1. The molecule has 2 N–H and O–H groups in total. The van der Waals surface area contributed by atoms with E-state index in [9.17, 15) is 4.79 Å². The van der Waals surface area contributed by atoms with Gasteiger partial charge in [-0.1, -0.05) is 0 Å². The maximum absolute atomic E-state index is 13.0. The van der Waals surface area contributed by atoms with Crippen molar-refractivity contribution in [1.29, 1.82) is 0 Å². The van der Waals surface area contributed by atoms with Crippen LogP contribution in [0, 0.1) is 12.8 Å². The third-order valence-electron chi connectivity index (χ3n) is 4.62. The maximum Gasteiger partial charge on any atom is 0.272 e. The van der Waals surface area contributed by atoms with E-state index in [4.69, 9.17) is 0 Å². The molecule has 0 saturated heterocycles. The average molecular weight is 384 g/mol. The van der Waals surface area contributed by atoms with Crippen molar-refractivity contribution >= 4 is 44.5 Å². The van der Waals surface area contributed by atoms with Crippen LogP contribution >= 0.6 is 22.7 Å². The molecule has 0 aromatic carbocycles. The van der Waals surface area contributed by atoms with E-state index < -0.39 is 0 Å². The van der Waals surface area contributed by atoms with E-state index in [0.717, 1.165) is 22.8 Å². The van der Waals surface area contributed by atoms with Gasteiger partial charge in [-0.2, -0.15) is 5.10 Å². The van der Waals surface area contributed by atoms with Crippen molar-refractivity contribution in [3.63, 3.8) is 0 Å².